The number of hydrogen-bond acceptors (Lipinski definition) is 4. The van der Waals surface area contributed by atoms with Crippen LogP contribution in [0.3, 0.4) is 0 Å². The van der Waals surface area contributed by atoms with Crippen molar-refractivity contribution < 1.29 is 9.59 Å². The Hall–Kier alpha value is -1.40. The van der Waals surface area contributed by atoms with Gasteiger partial charge in [-0.1, -0.05) is 56.9 Å². The molecule has 0 atom stereocenters. The third kappa shape index (κ3) is 5.31. The normalized spacial score (nSPS) is 14.5. The molecular formula is C18H24N2O2S2. The van der Waals surface area contributed by atoms with Crippen molar-refractivity contribution in [2.24, 2.45) is 0 Å². The van der Waals surface area contributed by atoms with Crippen molar-refractivity contribution in [3.8, 4) is 0 Å². The van der Waals surface area contributed by atoms with Crippen LogP contribution in [-0.4, -0.2) is 39.9 Å². The molecule has 0 aliphatic carbocycles. The number of rotatable bonds is 3. The maximum atomic E-state index is 12.1. The summed E-state index contributed by atoms with van der Waals surface area (Å²) in [6.07, 6.45) is 2.30. The summed E-state index contributed by atoms with van der Waals surface area (Å²) in [7, 11) is 0. The Morgan fingerprint density at radius 3 is 2.29 bits per heavy atom. The number of thioether (sulfide) groups is 1. The first-order valence-electron chi connectivity index (χ1n) is 8.14. The molecule has 1 aromatic carbocycles. The third-order valence-corrected chi connectivity index (χ3v) is 5.48. The topological polar surface area (TPSA) is 49.4 Å². The van der Waals surface area contributed by atoms with Gasteiger partial charge in [0.1, 0.15) is 4.32 Å². The van der Waals surface area contributed by atoms with Gasteiger partial charge in [-0.2, -0.15) is 0 Å². The predicted octanol–water partition coefficient (Wildman–Crippen LogP) is 3.35. The van der Waals surface area contributed by atoms with Gasteiger partial charge in [0.15, 0.2) is 0 Å². The molecule has 0 bridgehead atoms. The molecule has 1 fully saturated rings. The predicted molar refractivity (Wildman–Crippen MR) is 103 cm³/mol. The molecule has 2 amide bonds. The summed E-state index contributed by atoms with van der Waals surface area (Å²) in [5, 5.41) is 2.42. The van der Waals surface area contributed by atoms with Crippen LogP contribution in [0.25, 0.3) is 0 Å². The Kier molecular flexibility index (Phi) is 6.40. The minimum absolute atomic E-state index is 0.0345. The van der Waals surface area contributed by atoms with Gasteiger partial charge < -0.3 is 4.90 Å². The number of nitrogens with one attached hydrogen (secondary N) is 1. The first kappa shape index (κ1) is 18.9. The fraction of sp³-hybridized carbons (Fsp3) is 0.500. The second-order valence-corrected chi connectivity index (χ2v) is 8.56. The Bertz CT molecular complexity index is 615. The standard InChI is InChI=1S/C18H24N2O2S2/c1-18(2,3)14-8-6-13(7-9-14)16(22)19-15(21)12-24-17(23)20-10-4-5-11-20/h6-9H,4-5,10-12H2,1-3H3,(H,19,21,22). The van der Waals surface area contributed by atoms with Crippen LogP contribution in [0.5, 0.6) is 0 Å². The van der Waals surface area contributed by atoms with E-state index in [1.54, 1.807) is 12.1 Å². The van der Waals surface area contributed by atoms with Crippen molar-refractivity contribution >= 4 is 40.1 Å². The Labute approximate surface area is 153 Å². The molecule has 1 N–H and O–H groups in total. The highest BCUT2D eigenvalue weighted by Crippen LogP contribution is 2.22. The van der Waals surface area contributed by atoms with E-state index in [2.05, 4.69) is 31.0 Å². The molecule has 2 rings (SSSR count). The van der Waals surface area contributed by atoms with Gasteiger partial charge in [0.25, 0.3) is 5.91 Å². The fourth-order valence-electron chi connectivity index (χ4n) is 2.47. The lowest BCUT2D eigenvalue weighted by atomic mass is 9.87. The van der Waals surface area contributed by atoms with E-state index in [-0.39, 0.29) is 23.0 Å². The minimum atomic E-state index is -0.367. The van der Waals surface area contributed by atoms with Gasteiger partial charge in [-0.25, -0.2) is 0 Å². The SMILES string of the molecule is CC(C)(C)c1ccc(C(=O)NC(=O)CSC(=S)N2CCCC2)cc1. The molecule has 1 heterocycles. The quantitative estimate of drug-likeness (QED) is 0.834. The molecule has 0 saturated carbocycles. The van der Waals surface area contributed by atoms with Crippen LogP contribution in [0, 0.1) is 0 Å². The second-order valence-electron chi connectivity index (χ2n) is 6.95. The zero-order valence-electron chi connectivity index (χ0n) is 14.4. The number of thiocarbonyl (C=S) groups is 1. The summed E-state index contributed by atoms with van der Waals surface area (Å²) in [6, 6.07) is 7.36. The van der Waals surface area contributed by atoms with Crippen molar-refractivity contribution in [3.63, 3.8) is 0 Å². The van der Waals surface area contributed by atoms with Gasteiger partial charge in [-0.05, 0) is 36.0 Å². The second kappa shape index (κ2) is 8.12. The van der Waals surface area contributed by atoms with Crippen molar-refractivity contribution in [1.29, 1.82) is 0 Å². The van der Waals surface area contributed by atoms with Crippen LogP contribution in [-0.2, 0) is 10.2 Å². The number of carbonyl (C=O) groups is 2. The van der Waals surface area contributed by atoms with Gasteiger partial charge in [0.2, 0.25) is 5.91 Å². The summed E-state index contributed by atoms with van der Waals surface area (Å²) in [6.45, 7) is 8.28. The molecule has 4 nitrogen and oxygen atoms in total. The van der Waals surface area contributed by atoms with E-state index in [1.807, 2.05) is 12.1 Å². The van der Waals surface area contributed by atoms with E-state index in [0.29, 0.717) is 5.56 Å². The molecule has 1 aliphatic heterocycles. The lowest BCUT2D eigenvalue weighted by Crippen LogP contribution is -2.33. The van der Waals surface area contributed by atoms with E-state index >= 15 is 0 Å². The van der Waals surface area contributed by atoms with E-state index in [4.69, 9.17) is 12.2 Å². The van der Waals surface area contributed by atoms with Gasteiger partial charge in [0.05, 0.1) is 5.75 Å². The summed E-state index contributed by atoms with van der Waals surface area (Å²) >= 11 is 6.63. The maximum Gasteiger partial charge on any atom is 0.257 e. The minimum Gasteiger partial charge on any atom is -0.358 e. The molecule has 0 spiro atoms. The molecule has 1 aliphatic rings. The van der Waals surface area contributed by atoms with Crippen molar-refractivity contribution in [3.05, 3.63) is 35.4 Å². The lowest BCUT2D eigenvalue weighted by Gasteiger charge is -2.19. The molecule has 0 aromatic heterocycles. The number of nitrogens with zero attached hydrogens (tertiary/aromatic N) is 1. The Balaban J connectivity index is 1.82. The van der Waals surface area contributed by atoms with Crippen LogP contribution < -0.4 is 5.32 Å². The molecule has 0 radical (unpaired) electrons. The highest BCUT2D eigenvalue weighted by Gasteiger charge is 2.18. The maximum absolute atomic E-state index is 12.1. The molecule has 1 aromatic rings. The third-order valence-electron chi connectivity index (χ3n) is 3.96. The highest BCUT2D eigenvalue weighted by molar-refractivity contribution is 8.23. The summed E-state index contributed by atoms with van der Waals surface area (Å²) in [5.41, 5.74) is 1.67. The number of hydrogen-bond donors (Lipinski definition) is 1. The Morgan fingerprint density at radius 1 is 1.17 bits per heavy atom. The van der Waals surface area contributed by atoms with Crippen LogP contribution in [0.15, 0.2) is 24.3 Å². The van der Waals surface area contributed by atoms with Crippen LogP contribution in [0.2, 0.25) is 0 Å². The number of amides is 2. The molecular weight excluding hydrogens is 340 g/mol. The number of carbonyl (C=O) groups excluding carboxylic acids is 2. The zero-order chi connectivity index (χ0) is 17.7. The Morgan fingerprint density at radius 2 is 1.75 bits per heavy atom. The average molecular weight is 365 g/mol. The van der Waals surface area contributed by atoms with Gasteiger partial charge >= 0.3 is 0 Å². The number of likely N-dealkylation sites (tertiary alicyclic amines) is 1. The van der Waals surface area contributed by atoms with Crippen molar-refractivity contribution in [1.82, 2.24) is 10.2 Å². The monoisotopic (exact) mass is 364 g/mol. The van der Waals surface area contributed by atoms with Crippen molar-refractivity contribution in [2.45, 2.75) is 39.0 Å². The highest BCUT2D eigenvalue weighted by atomic mass is 32.2. The summed E-state index contributed by atoms with van der Waals surface area (Å²) < 4.78 is 0.740. The average Bonchev–Trinajstić information content (AvgIpc) is 3.06. The van der Waals surface area contributed by atoms with Gasteiger partial charge in [-0.15, -0.1) is 0 Å². The number of benzene rings is 1. The van der Waals surface area contributed by atoms with E-state index in [1.165, 1.54) is 11.8 Å². The molecule has 1 saturated heterocycles. The van der Waals surface area contributed by atoms with Crippen LogP contribution in [0.4, 0.5) is 0 Å². The van der Waals surface area contributed by atoms with E-state index < -0.39 is 0 Å². The molecule has 24 heavy (non-hydrogen) atoms. The first-order chi connectivity index (χ1) is 11.3. The summed E-state index contributed by atoms with van der Waals surface area (Å²) in [5.74, 6) is -0.513. The van der Waals surface area contributed by atoms with Gasteiger partial charge in [-0.3, -0.25) is 14.9 Å². The zero-order valence-corrected chi connectivity index (χ0v) is 16.1. The molecule has 0 unspecified atom stereocenters. The van der Waals surface area contributed by atoms with E-state index in [9.17, 15) is 9.59 Å². The van der Waals surface area contributed by atoms with Crippen LogP contribution >= 0.6 is 24.0 Å². The smallest absolute Gasteiger partial charge is 0.257 e. The number of imide groups is 1. The molecule has 6 heteroatoms. The molecule has 130 valence electrons. The first-order valence-corrected chi connectivity index (χ1v) is 9.53. The largest absolute Gasteiger partial charge is 0.358 e. The summed E-state index contributed by atoms with van der Waals surface area (Å²) in [4.78, 5) is 26.2. The van der Waals surface area contributed by atoms with E-state index in [0.717, 1.165) is 35.8 Å². The van der Waals surface area contributed by atoms with Crippen LogP contribution in [0.1, 0.15) is 49.5 Å². The lowest BCUT2D eigenvalue weighted by molar-refractivity contribution is -0.117. The fourth-order valence-corrected chi connectivity index (χ4v) is 3.53. The van der Waals surface area contributed by atoms with Gasteiger partial charge in [0, 0.05) is 18.7 Å². The van der Waals surface area contributed by atoms with Crippen molar-refractivity contribution in [2.75, 3.05) is 18.8 Å².